The Labute approximate surface area is 98.4 Å². The molecular weight excluding hydrogens is 288 g/mol. The van der Waals surface area contributed by atoms with Crippen LogP contribution in [0.4, 0.5) is 17.6 Å². The molecule has 0 aliphatic carbocycles. The molecular formula is C8H5ClF4O3S. The highest BCUT2D eigenvalue weighted by atomic mass is 35.7. The van der Waals surface area contributed by atoms with Gasteiger partial charge in [-0.15, -0.1) is 0 Å². The number of ether oxygens (including phenoxy) is 1. The average molecular weight is 293 g/mol. The van der Waals surface area contributed by atoms with E-state index in [0.29, 0.717) is 12.1 Å². The average Bonchev–Trinajstić information content (AvgIpc) is 2.14. The fraction of sp³-hybridized carbons (Fsp3) is 0.250. The van der Waals surface area contributed by atoms with E-state index in [4.69, 9.17) is 10.7 Å². The van der Waals surface area contributed by atoms with Crippen molar-refractivity contribution < 1.29 is 30.7 Å². The van der Waals surface area contributed by atoms with Gasteiger partial charge in [0, 0.05) is 10.7 Å². The lowest BCUT2D eigenvalue weighted by Gasteiger charge is -2.08. The maximum absolute atomic E-state index is 13.2. The van der Waals surface area contributed by atoms with E-state index in [1.165, 1.54) is 0 Å². The molecule has 0 fully saturated rings. The van der Waals surface area contributed by atoms with Gasteiger partial charge in [0.1, 0.15) is 6.61 Å². The van der Waals surface area contributed by atoms with Crippen LogP contribution in [-0.4, -0.2) is 21.5 Å². The van der Waals surface area contributed by atoms with Crippen LogP contribution in [-0.2, 0) is 9.05 Å². The number of alkyl halides is 2. The van der Waals surface area contributed by atoms with Crippen molar-refractivity contribution in [2.45, 2.75) is 11.3 Å². The third-order valence-electron chi connectivity index (χ3n) is 1.61. The maximum Gasteiger partial charge on any atom is 0.272 e. The first-order chi connectivity index (χ1) is 7.71. The minimum Gasteiger partial charge on any atom is -0.482 e. The lowest BCUT2D eigenvalue weighted by Crippen LogP contribution is -2.09. The first-order valence-electron chi connectivity index (χ1n) is 4.06. The van der Waals surface area contributed by atoms with Crippen molar-refractivity contribution in [2.75, 3.05) is 6.61 Å². The van der Waals surface area contributed by atoms with Gasteiger partial charge >= 0.3 is 0 Å². The van der Waals surface area contributed by atoms with Gasteiger partial charge in [-0.3, -0.25) is 0 Å². The maximum atomic E-state index is 13.2. The van der Waals surface area contributed by atoms with Gasteiger partial charge in [0.25, 0.3) is 15.5 Å². The van der Waals surface area contributed by atoms with Crippen LogP contribution in [0.15, 0.2) is 17.0 Å². The highest BCUT2D eigenvalue weighted by Gasteiger charge is 2.19. The topological polar surface area (TPSA) is 43.4 Å². The molecule has 3 nitrogen and oxygen atoms in total. The van der Waals surface area contributed by atoms with E-state index in [1.54, 1.807) is 0 Å². The van der Waals surface area contributed by atoms with Crippen LogP contribution in [0.25, 0.3) is 0 Å². The summed E-state index contributed by atoms with van der Waals surface area (Å²) in [5, 5.41) is 0. The number of rotatable bonds is 4. The largest absolute Gasteiger partial charge is 0.482 e. The molecule has 1 aromatic rings. The Morgan fingerprint density at radius 1 is 1.24 bits per heavy atom. The Morgan fingerprint density at radius 2 is 1.71 bits per heavy atom. The molecule has 0 amide bonds. The second kappa shape index (κ2) is 5.09. The predicted octanol–water partition coefficient (Wildman–Crippen LogP) is 2.54. The molecule has 1 aromatic carbocycles. The van der Waals surface area contributed by atoms with Crippen molar-refractivity contribution in [1.82, 2.24) is 0 Å². The summed E-state index contributed by atoms with van der Waals surface area (Å²) in [5.41, 5.74) is 0. The molecule has 0 spiro atoms. The number of benzene rings is 1. The zero-order chi connectivity index (χ0) is 13.2. The second-order valence-corrected chi connectivity index (χ2v) is 5.42. The zero-order valence-corrected chi connectivity index (χ0v) is 9.53. The van der Waals surface area contributed by atoms with Crippen molar-refractivity contribution in [3.63, 3.8) is 0 Å². The fourth-order valence-electron chi connectivity index (χ4n) is 0.962. The number of halogens is 5. The van der Waals surface area contributed by atoms with Crippen LogP contribution in [0.2, 0.25) is 0 Å². The molecule has 1 rings (SSSR count). The van der Waals surface area contributed by atoms with Crippen LogP contribution in [0.5, 0.6) is 5.75 Å². The standard InChI is InChI=1S/C8H5ClF4O3S/c9-17(14,15)4-1-5(10)8(6(11)2-4)16-3-7(12)13/h1-2,7H,3H2. The Morgan fingerprint density at radius 3 is 2.06 bits per heavy atom. The summed E-state index contributed by atoms with van der Waals surface area (Å²) in [4.78, 5) is -0.821. The van der Waals surface area contributed by atoms with E-state index in [1.807, 2.05) is 0 Å². The van der Waals surface area contributed by atoms with E-state index in [9.17, 15) is 26.0 Å². The molecule has 0 radical (unpaired) electrons. The molecule has 0 aliphatic heterocycles. The van der Waals surface area contributed by atoms with E-state index in [-0.39, 0.29) is 0 Å². The van der Waals surface area contributed by atoms with Gasteiger partial charge in [-0.05, 0) is 12.1 Å². The van der Waals surface area contributed by atoms with Gasteiger partial charge in [-0.2, -0.15) is 0 Å². The molecule has 96 valence electrons. The van der Waals surface area contributed by atoms with Gasteiger partial charge in [-0.25, -0.2) is 26.0 Å². The van der Waals surface area contributed by atoms with Crippen molar-refractivity contribution in [2.24, 2.45) is 0 Å². The van der Waals surface area contributed by atoms with Gasteiger partial charge in [0.2, 0.25) is 0 Å². The quantitative estimate of drug-likeness (QED) is 0.633. The van der Waals surface area contributed by atoms with Gasteiger partial charge in [0.15, 0.2) is 17.4 Å². The molecule has 17 heavy (non-hydrogen) atoms. The Balaban J connectivity index is 3.11. The van der Waals surface area contributed by atoms with Crippen LogP contribution >= 0.6 is 10.7 Å². The number of hydrogen-bond acceptors (Lipinski definition) is 3. The molecule has 0 aliphatic rings. The highest BCUT2D eigenvalue weighted by Crippen LogP contribution is 2.27. The SMILES string of the molecule is O=S(=O)(Cl)c1cc(F)c(OCC(F)F)c(F)c1. The van der Waals surface area contributed by atoms with Crippen molar-refractivity contribution in [3.05, 3.63) is 23.8 Å². The van der Waals surface area contributed by atoms with Crippen molar-refractivity contribution >= 4 is 19.7 Å². The lowest BCUT2D eigenvalue weighted by molar-refractivity contribution is 0.0776. The highest BCUT2D eigenvalue weighted by molar-refractivity contribution is 8.13. The van der Waals surface area contributed by atoms with E-state index in [2.05, 4.69) is 4.74 Å². The Bertz CT molecular complexity index is 494. The minimum atomic E-state index is -4.31. The molecule has 0 aromatic heterocycles. The summed E-state index contributed by atoms with van der Waals surface area (Å²) in [6.45, 7) is -1.21. The normalized spacial score (nSPS) is 11.9. The summed E-state index contributed by atoms with van der Waals surface area (Å²) in [7, 11) is 0.553. The van der Waals surface area contributed by atoms with E-state index >= 15 is 0 Å². The summed E-state index contributed by atoms with van der Waals surface area (Å²) >= 11 is 0. The molecule has 0 unspecified atom stereocenters. The first-order valence-corrected chi connectivity index (χ1v) is 6.37. The zero-order valence-electron chi connectivity index (χ0n) is 7.96. The lowest BCUT2D eigenvalue weighted by atomic mass is 10.3. The van der Waals surface area contributed by atoms with Crippen LogP contribution in [0.3, 0.4) is 0 Å². The van der Waals surface area contributed by atoms with Crippen molar-refractivity contribution in [3.8, 4) is 5.75 Å². The van der Waals surface area contributed by atoms with Gasteiger partial charge in [0.05, 0.1) is 4.90 Å². The summed E-state index contributed by atoms with van der Waals surface area (Å²) in [6, 6.07) is 0.762. The fourth-order valence-corrected chi connectivity index (χ4v) is 1.72. The molecule has 0 bridgehead atoms. The van der Waals surface area contributed by atoms with E-state index < -0.39 is 44.4 Å². The Hall–Kier alpha value is -1.02. The molecule has 0 saturated carbocycles. The summed E-state index contributed by atoms with van der Waals surface area (Å²) in [5.74, 6) is -3.93. The van der Waals surface area contributed by atoms with Gasteiger partial charge < -0.3 is 4.74 Å². The monoisotopic (exact) mass is 292 g/mol. The van der Waals surface area contributed by atoms with Crippen LogP contribution < -0.4 is 4.74 Å². The van der Waals surface area contributed by atoms with Gasteiger partial charge in [-0.1, -0.05) is 0 Å². The summed E-state index contributed by atoms with van der Waals surface area (Å²) in [6.07, 6.45) is -2.91. The molecule has 9 heteroatoms. The third kappa shape index (κ3) is 3.74. The molecule has 0 atom stereocenters. The number of hydrogen-bond donors (Lipinski definition) is 0. The third-order valence-corrected chi connectivity index (χ3v) is 2.94. The van der Waals surface area contributed by atoms with E-state index in [0.717, 1.165) is 0 Å². The first kappa shape index (κ1) is 14.0. The molecule has 0 heterocycles. The predicted molar refractivity (Wildman–Crippen MR) is 50.9 cm³/mol. The van der Waals surface area contributed by atoms with Crippen LogP contribution in [0, 0.1) is 11.6 Å². The van der Waals surface area contributed by atoms with Crippen molar-refractivity contribution in [1.29, 1.82) is 0 Å². The summed E-state index contributed by atoms with van der Waals surface area (Å²) < 4.78 is 75.6. The molecule has 0 N–H and O–H groups in total. The minimum absolute atomic E-state index is 0.381. The van der Waals surface area contributed by atoms with Crippen LogP contribution in [0.1, 0.15) is 0 Å². The second-order valence-electron chi connectivity index (χ2n) is 2.86. The molecule has 0 saturated heterocycles. The Kier molecular flexibility index (Phi) is 4.21. The smallest absolute Gasteiger partial charge is 0.272 e.